The number of nitrogens with one attached hydrogen (secondary N) is 2. The quantitative estimate of drug-likeness (QED) is 0.562. The number of methoxy groups -OCH3 is 1. The molecule has 22 heavy (non-hydrogen) atoms. The molecule has 1 amide bonds. The number of anilines is 1. The number of nitrogens with zero attached hydrogens (tertiary/aromatic N) is 1. The van der Waals surface area contributed by atoms with Crippen LogP contribution in [0.25, 0.3) is 0 Å². The van der Waals surface area contributed by atoms with Crippen LogP contribution in [0.5, 0.6) is 11.5 Å². The van der Waals surface area contributed by atoms with Gasteiger partial charge in [-0.1, -0.05) is 18.2 Å². The molecule has 0 saturated heterocycles. The van der Waals surface area contributed by atoms with Gasteiger partial charge in [-0.25, -0.2) is 5.43 Å². The van der Waals surface area contributed by atoms with Gasteiger partial charge in [0.15, 0.2) is 0 Å². The SMILES string of the molecule is COc1ccc(O)c(/C=N\NC(=O)CNc2ccccc2)c1. The van der Waals surface area contributed by atoms with Gasteiger partial charge in [0, 0.05) is 11.3 Å². The van der Waals surface area contributed by atoms with Crippen LogP contribution in [-0.4, -0.2) is 30.9 Å². The number of amides is 1. The summed E-state index contributed by atoms with van der Waals surface area (Å²) in [5, 5.41) is 16.5. The first-order valence-electron chi connectivity index (χ1n) is 6.67. The molecule has 0 atom stereocenters. The van der Waals surface area contributed by atoms with Crippen LogP contribution in [0.4, 0.5) is 5.69 Å². The van der Waals surface area contributed by atoms with Crippen LogP contribution in [0.1, 0.15) is 5.56 Å². The first-order valence-corrected chi connectivity index (χ1v) is 6.67. The molecule has 0 heterocycles. The lowest BCUT2D eigenvalue weighted by Gasteiger charge is -2.05. The highest BCUT2D eigenvalue weighted by molar-refractivity contribution is 5.86. The molecule has 0 aliphatic heterocycles. The van der Waals surface area contributed by atoms with E-state index in [-0.39, 0.29) is 18.2 Å². The predicted molar refractivity (Wildman–Crippen MR) is 85.3 cm³/mol. The number of rotatable bonds is 6. The minimum Gasteiger partial charge on any atom is -0.507 e. The Morgan fingerprint density at radius 3 is 2.77 bits per heavy atom. The number of phenolic OH excluding ortho intramolecular Hbond substituents is 1. The van der Waals surface area contributed by atoms with Gasteiger partial charge in [0.2, 0.25) is 0 Å². The summed E-state index contributed by atoms with van der Waals surface area (Å²) in [6, 6.07) is 14.1. The largest absolute Gasteiger partial charge is 0.507 e. The third-order valence-corrected chi connectivity index (χ3v) is 2.85. The highest BCUT2D eigenvalue weighted by atomic mass is 16.5. The fraction of sp³-hybridized carbons (Fsp3) is 0.125. The molecule has 0 aliphatic carbocycles. The Morgan fingerprint density at radius 1 is 1.27 bits per heavy atom. The lowest BCUT2D eigenvalue weighted by atomic mass is 10.2. The zero-order chi connectivity index (χ0) is 15.8. The van der Waals surface area contributed by atoms with Gasteiger partial charge in [-0.2, -0.15) is 5.10 Å². The van der Waals surface area contributed by atoms with E-state index < -0.39 is 0 Å². The second-order valence-electron chi connectivity index (χ2n) is 4.44. The summed E-state index contributed by atoms with van der Waals surface area (Å²) in [6.07, 6.45) is 1.36. The highest BCUT2D eigenvalue weighted by Gasteiger charge is 2.02. The molecular formula is C16H17N3O3. The summed E-state index contributed by atoms with van der Waals surface area (Å²) < 4.78 is 5.05. The maximum absolute atomic E-state index is 11.6. The molecule has 6 heteroatoms. The van der Waals surface area contributed by atoms with Crippen molar-refractivity contribution in [3.63, 3.8) is 0 Å². The first-order chi connectivity index (χ1) is 10.7. The average Bonchev–Trinajstić information content (AvgIpc) is 2.55. The summed E-state index contributed by atoms with van der Waals surface area (Å²) in [5.74, 6) is 0.361. The number of carbonyl (C=O) groups excluding carboxylic acids is 1. The second-order valence-corrected chi connectivity index (χ2v) is 4.44. The van der Waals surface area contributed by atoms with Gasteiger partial charge in [-0.3, -0.25) is 4.79 Å². The van der Waals surface area contributed by atoms with E-state index in [9.17, 15) is 9.90 Å². The van der Waals surface area contributed by atoms with Crippen molar-refractivity contribution in [2.45, 2.75) is 0 Å². The normalized spacial score (nSPS) is 10.4. The van der Waals surface area contributed by atoms with Gasteiger partial charge in [-0.15, -0.1) is 0 Å². The molecule has 0 saturated carbocycles. The monoisotopic (exact) mass is 299 g/mol. The van der Waals surface area contributed by atoms with Crippen molar-refractivity contribution in [1.82, 2.24) is 5.43 Å². The van der Waals surface area contributed by atoms with E-state index in [1.165, 1.54) is 19.4 Å². The van der Waals surface area contributed by atoms with E-state index >= 15 is 0 Å². The molecule has 2 rings (SSSR count). The maximum Gasteiger partial charge on any atom is 0.259 e. The lowest BCUT2D eigenvalue weighted by Crippen LogP contribution is -2.25. The third kappa shape index (κ3) is 4.52. The van der Waals surface area contributed by atoms with E-state index in [1.54, 1.807) is 12.1 Å². The van der Waals surface area contributed by atoms with E-state index in [0.29, 0.717) is 11.3 Å². The van der Waals surface area contributed by atoms with Crippen LogP contribution in [0.2, 0.25) is 0 Å². The Morgan fingerprint density at radius 2 is 2.05 bits per heavy atom. The van der Waals surface area contributed by atoms with Crippen LogP contribution in [0.3, 0.4) is 0 Å². The zero-order valence-electron chi connectivity index (χ0n) is 12.1. The topological polar surface area (TPSA) is 83.0 Å². The van der Waals surface area contributed by atoms with Crippen molar-refractivity contribution < 1.29 is 14.6 Å². The van der Waals surface area contributed by atoms with Crippen LogP contribution in [0, 0.1) is 0 Å². The summed E-state index contributed by atoms with van der Waals surface area (Å²) in [7, 11) is 1.53. The molecular weight excluding hydrogens is 282 g/mol. The number of phenols is 1. The summed E-state index contributed by atoms with van der Waals surface area (Å²) >= 11 is 0. The van der Waals surface area contributed by atoms with Crippen LogP contribution in [-0.2, 0) is 4.79 Å². The molecule has 114 valence electrons. The van der Waals surface area contributed by atoms with E-state index in [1.807, 2.05) is 30.3 Å². The molecule has 0 fully saturated rings. The number of hydrogen-bond donors (Lipinski definition) is 3. The maximum atomic E-state index is 11.6. The smallest absolute Gasteiger partial charge is 0.259 e. The molecule has 0 radical (unpaired) electrons. The van der Waals surface area contributed by atoms with Crippen molar-refractivity contribution >= 4 is 17.8 Å². The zero-order valence-corrected chi connectivity index (χ0v) is 12.1. The highest BCUT2D eigenvalue weighted by Crippen LogP contribution is 2.20. The van der Waals surface area contributed by atoms with Gasteiger partial charge >= 0.3 is 0 Å². The predicted octanol–water partition coefficient (Wildman–Crippen LogP) is 1.96. The standard InChI is InChI=1S/C16H17N3O3/c1-22-14-7-8-15(20)12(9-14)10-18-19-16(21)11-17-13-5-3-2-4-6-13/h2-10,17,20H,11H2,1H3,(H,19,21)/b18-10-. The number of hydrazone groups is 1. The van der Waals surface area contributed by atoms with Crippen molar-refractivity contribution in [3.05, 3.63) is 54.1 Å². The molecule has 2 aromatic carbocycles. The molecule has 0 aromatic heterocycles. The van der Waals surface area contributed by atoms with Crippen molar-refractivity contribution in [3.8, 4) is 11.5 Å². The Hall–Kier alpha value is -3.02. The Bertz CT molecular complexity index is 657. The fourth-order valence-electron chi connectivity index (χ4n) is 1.71. The van der Waals surface area contributed by atoms with Gasteiger partial charge in [0.05, 0.1) is 19.9 Å². The third-order valence-electron chi connectivity index (χ3n) is 2.85. The Labute approximate surface area is 128 Å². The molecule has 0 bridgehead atoms. The van der Waals surface area contributed by atoms with Crippen LogP contribution in [0.15, 0.2) is 53.6 Å². The van der Waals surface area contributed by atoms with Gasteiger partial charge in [0.1, 0.15) is 11.5 Å². The number of hydrogen-bond acceptors (Lipinski definition) is 5. The molecule has 6 nitrogen and oxygen atoms in total. The van der Waals surface area contributed by atoms with E-state index in [0.717, 1.165) is 5.69 Å². The van der Waals surface area contributed by atoms with Crippen molar-refractivity contribution in [2.75, 3.05) is 19.0 Å². The average molecular weight is 299 g/mol. The Kier molecular flexibility index (Phi) is 5.37. The van der Waals surface area contributed by atoms with Gasteiger partial charge in [0.25, 0.3) is 5.91 Å². The number of ether oxygens (including phenoxy) is 1. The van der Waals surface area contributed by atoms with Crippen LogP contribution >= 0.6 is 0 Å². The van der Waals surface area contributed by atoms with Crippen molar-refractivity contribution in [1.29, 1.82) is 0 Å². The van der Waals surface area contributed by atoms with Gasteiger partial charge in [-0.05, 0) is 30.3 Å². The van der Waals surface area contributed by atoms with Gasteiger partial charge < -0.3 is 15.2 Å². The number of para-hydroxylation sites is 1. The molecule has 0 aliphatic rings. The lowest BCUT2D eigenvalue weighted by molar-refractivity contribution is -0.119. The number of carbonyl (C=O) groups is 1. The Balaban J connectivity index is 1.85. The molecule has 0 spiro atoms. The minimum atomic E-state index is -0.289. The van der Waals surface area contributed by atoms with E-state index in [2.05, 4.69) is 15.8 Å². The summed E-state index contributed by atoms with van der Waals surface area (Å²) in [5.41, 5.74) is 3.69. The van der Waals surface area contributed by atoms with Crippen molar-refractivity contribution in [2.24, 2.45) is 5.10 Å². The summed E-state index contributed by atoms with van der Waals surface area (Å²) in [6.45, 7) is 0.103. The van der Waals surface area contributed by atoms with E-state index in [4.69, 9.17) is 4.74 Å². The summed E-state index contributed by atoms with van der Waals surface area (Å²) in [4.78, 5) is 11.6. The molecule has 0 unspecified atom stereocenters. The molecule has 2 aromatic rings. The molecule has 3 N–H and O–H groups in total. The first kappa shape index (κ1) is 15.4. The number of benzene rings is 2. The van der Waals surface area contributed by atoms with Crippen LogP contribution < -0.4 is 15.5 Å². The fourth-order valence-corrected chi connectivity index (χ4v) is 1.71. The second kappa shape index (κ2) is 7.68. The minimum absolute atomic E-state index is 0.0567. The number of aromatic hydroxyl groups is 1.